The van der Waals surface area contributed by atoms with Crippen LogP contribution in [0.3, 0.4) is 0 Å². The van der Waals surface area contributed by atoms with E-state index in [2.05, 4.69) is 11.3 Å². The van der Waals surface area contributed by atoms with E-state index in [0.29, 0.717) is 12.2 Å². The monoisotopic (exact) mass is 913 g/mol. The molecule has 0 aromatic carbocycles. The molecule has 0 amide bonds. The molecule has 6 atom stereocenters. The Morgan fingerprint density at radius 2 is 0.833 bits per heavy atom. The number of carbonyl (C=O) groups is 9. The van der Waals surface area contributed by atoms with Crippen molar-refractivity contribution in [3.8, 4) is 0 Å². The summed E-state index contributed by atoms with van der Waals surface area (Å²) < 4.78 is 8.93. The van der Waals surface area contributed by atoms with Gasteiger partial charge in [0, 0.05) is 84.1 Å². The van der Waals surface area contributed by atoms with Crippen LogP contribution in [0.25, 0.3) is 0 Å². The van der Waals surface area contributed by atoms with Gasteiger partial charge in [-0.05, 0) is 26.7 Å². The smallest absolute Gasteiger partial charge is 0.328 e. The maximum absolute atomic E-state index is 10.9. The van der Waals surface area contributed by atoms with E-state index in [-0.39, 0.29) is 99.7 Å². The van der Waals surface area contributed by atoms with Gasteiger partial charge >= 0.3 is 47.8 Å². The van der Waals surface area contributed by atoms with E-state index in [1.54, 1.807) is 0 Å². The van der Waals surface area contributed by atoms with Gasteiger partial charge in [-0.25, -0.2) is 9.59 Å². The fraction of sp³-hybridized carbons (Fsp3) is 0.594. The molecular formula is C32H60Mn3O19. The summed E-state index contributed by atoms with van der Waals surface area (Å²) in [5.74, 6) is -13.0. The van der Waals surface area contributed by atoms with Gasteiger partial charge in [0.1, 0.15) is 0 Å². The van der Waals surface area contributed by atoms with Crippen LogP contribution >= 0.6 is 0 Å². The van der Waals surface area contributed by atoms with Crippen LogP contribution in [0.5, 0.6) is 0 Å². The Labute approximate surface area is 349 Å². The van der Waals surface area contributed by atoms with Gasteiger partial charge in [-0.2, -0.15) is 0 Å². The molecule has 0 heterocycles. The van der Waals surface area contributed by atoms with Crippen LogP contribution in [0.1, 0.15) is 91.0 Å². The van der Waals surface area contributed by atoms with E-state index in [4.69, 9.17) is 50.4 Å². The average Bonchev–Trinajstić information content (AvgIpc) is 2.88. The largest absolute Gasteiger partial charge is 0.481 e. The third-order valence-corrected chi connectivity index (χ3v) is 4.79. The second kappa shape index (κ2) is 49.2. The number of hydrogen-bond acceptors (Lipinski definition) is 12. The minimum absolute atomic E-state index is 0. The second-order valence-corrected chi connectivity index (χ2v) is 9.19. The van der Waals surface area contributed by atoms with Crippen LogP contribution in [0.15, 0.2) is 25.0 Å². The first-order valence-corrected chi connectivity index (χ1v) is 13.1. The Bertz CT molecular complexity index is 1080. The van der Waals surface area contributed by atoms with E-state index in [1.807, 2.05) is 0 Å². The van der Waals surface area contributed by atoms with Gasteiger partial charge in [0.05, 0.1) is 42.1 Å². The zero-order chi connectivity index (χ0) is 38.6. The van der Waals surface area contributed by atoms with Crippen molar-refractivity contribution in [1.29, 1.82) is 0 Å². The molecule has 8 N–H and O–H groups in total. The number of rotatable bonds is 14. The van der Waals surface area contributed by atoms with Crippen LogP contribution in [0, 0.1) is 23.7 Å². The summed E-state index contributed by atoms with van der Waals surface area (Å²) in [4.78, 5) is 91.1. The van der Waals surface area contributed by atoms with Gasteiger partial charge in [0.25, 0.3) is 5.97 Å². The molecule has 0 aliphatic rings. The number of carbonyl (C=O) groups excluding carboxylic acids is 2. The minimum atomic E-state index is -1.26. The van der Waals surface area contributed by atoms with Crippen LogP contribution in [-0.2, 0) is 104 Å². The first-order chi connectivity index (χ1) is 21.2. The Hall–Kier alpha value is -3.77. The molecule has 0 bridgehead atoms. The molecular weight excluding hydrogens is 853 g/mol. The van der Waals surface area contributed by atoms with Crippen molar-refractivity contribution in [1.82, 2.24) is 0 Å². The molecule has 22 heteroatoms. The van der Waals surface area contributed by atoms with Crippen molar-refractivity contribution in [2.75, 3.05) is 0 Å². The Morgan fingerprint density at radius 1 is 0.556 bits per heavy atom. The Morgan fingerprint density at radius 3 is 0.981 bits per heavy atom. The van der Waals surface area contributed by atoms with E-state index in [1.165, 1.54) is 41.5 Å². The van der Waals surface area contributed by atoms with Gasteiger partial charge in [-0.3, -0.25) is 33.6 Å². The van der Waals surface area contributed by atoms with Crippen molar-refractivity contribution < 1.29 is 145 Å². The second-order valence-electron chi connectivity index (χ2n) is 9.19. The van der Waals surface area contributed by atoms with E-state index >= 15 is 0 Å². The van der Waals surface area contributed by atoms with Gasteiger partial charge in [-0.15, -0.1) is 0 Å². The summed E-state index contributed by atoms with van der Waals surface area (Å²) >= 11 is 0. The summed E-state index contributed by atoms with van der Waals surface area (Å²) in [7, 11) is 0. The molecule has 0 fully saturated rings. The Balaban J connectivity index is -0.0000000422. The minimum Gasteiger partial charge on any atom is -0.481 e. The fourth-order valence-electron chi connectivity index (χ4n) is 2.70. The normalized spacial score (nSPS) is 11.6. The van der Waals surface area contributed by atoms with E-state index in [0.717, 1.165) is 13.2 Å². The quantitative estimate of drug-likeness (QED) is 0.0529. The Kier molecular flexibility index (Phi) is 75.9. The average molecular weight is 914 g/mol. The van der Waals surface area contributed by atoms with Gasteiger partial charge < -0.3 is 50.3 Å². The standard InChI is InChI=1S/C10H16O6.C8H14O5.C4H4O4.C4H6O2.C2H4O2.4CH4.3Mn/c1-5(16-7(3)11)4-8(10(14)15)6(2)9(12)13;1-4(9)3-6(8(12)13)5(2)7(10)11;5-3(6)1-2-4(7)8;1-3-6-4(2)5;1-2(3)4;;;;;;;/h5-6,8H,4H2,1-3H3,(H,12,13)(H,14,15);4-6,9H,3H2,1-2H3,(H,10,11)(H,12,13);1-2H,(H,5,6)(H,7,8);3H,1H2,2H3;1H3,(H,3,4);4*1H4;;;. The van der Waals surface area contributed by atoms with Crippen molar-refractivity contribution in [2.24, 2.45) is 23.7 Å². The van der Waals surface area contributed by atoms with Crippen LogP contribution in [0.2, 0.25) is 0 Å². The van der Waals surface area contributed by atoms with Crippen molar-refractivity contribution >= 4 is 53.7 Å². The molecule has 3 radical (unpaired) electrons. The number of ether oxygens (including phenoxy) is 2. The molecule has 0 spiro atoms. The molecule has 0 saturated heterocycles. The first-order valence-electron chi connectivity index (χ1n) is 13.1. The van der Waals surface area contributed by atoms with Crippen molar-refractivity contribution in [3.05, 3.63) is 25.0 Å². The molecule has 0 aliphatic carbocycles. The summed E-state index contributed by atoms with van der Waals surface area (Å²) in [5, 5.41) is 66.8. The zero-order valence-corrected chi connectivity index (χ0v) is 31.6. The van der Waals surface area contributed by atoms with Crippen LogP contribution in [0.4, 0.5) is 0 Å². The molecule has 323 valence electrons. The number of carboxylic acids is 7. The molecule has 0 saturated carbocycles. The maximum Gasteiger partial charge on any atom is 0.328 e. The number of hydrogen-bond donors (Lipinski definition) is 8. The van der Waals surface area contributed by atoms with Gasteiger partial charge in [-0.1, -0.05) is 50.1 Å². The molecule has 19 nitrogen and oxygen atoms in total. The summed E-state index contributed by atoms with van der Waals surface area (Å²) in [6.07, 6.45) is 0.751. The predicted molar refractivity (Wildman–Crippen MR) is 185 cm³/mol. The summed E-state index contributed by atoms with van der Waals surface area (Å²) in [5.41, 5.74) is 0. The number of carboxylic acid groups (broad SMARTS) is 7. The predicted octanol–water partition coefficient (Wildman–Crippen LogP) is 3.96. The molecule has 6 unspecified atom stereocenters. The van der Waals surface area contributed by atoms with Crippen molar-refractivity contribution in [2.45, 2.75) is 103 Å². The fourth-order valence-corrected chi connectivity index (χ4v) is 2.70. The molecule has 0 aromatic rings. The number of aliphatic carboxylic acids is 7. The number of esters is 2. The number of aliphatic hydroxyl groups excluding tert-OH is 1. The van der Waals surface area contributed by atoms with Crippen LogP contribution in [-0.4, -0.2) is 107 Å². The molecule has 54 heavy (non-hydrogen) atoms. The number of aliphatic hydroxyl groups is 1. The molecule has 0 aromatic heterocycles. The van der Waals surface area contributed by atoms with Gasteiger partial charge in [0.15, 0.2) is 0 Å². The summed E-state index contributed by atoms with van der Waals surface area (Å²) in [6.45, 7) is 12.4. The van der Waals surface area contributed by atoms with E-state index < -0.39 is 83.6 Å². The van der Waals surface area contributed by atoms with Crippen LogP contribution < -0.4 is 0 Å². The summed E-state index contributed by atoms with van der Waals surface area (Å²) in [6, 6.07) is 0. The third-order valence-electron chi connectivity index (χ3n) is 4.79. The third kappa shape index (κ3) is 66.5. The first kappa shape index (κ1) is 83.3. The van der Waals surface area contributed by atoms with Crippen molar-refractivity contribution in [3.63, 3.8) is 0 Å². The molecule has 0 rings (SSSR count). The maximum atomic E-state index is 10.9. The van der Waals surface area contributed by atoms with E-state index in [9.17, 15) is 38.4 Å². The topological polar surface area (TPSA) is 334 Å². The zero-order valence-electron chi connectivity index (χ0n) is 28.0. The SMILES string of the molecule is C.C.C.C.C=COC(C)=O.CC(=O)O.CC(=O)OC(C)CC(C(=O)O)C(C)C(=O)O.CC(O)CC(C(=O)O)C(C)C(=O)O.O=C(O)C=CC(=O)O.[Mn].[Mn].[Mn]. The van der Waals surface area contributed by atoms with Gasteiger partial charge in [0.2, 0.25) is 0 Å². The molecule has 0 aliphatic heterocycles.